The van der Waals surface area contributed by atoms with Crippen LogP contribution in [0, 0.1) is 10.1 Å². The van der Waals surface area contributed by atoms with Gasteiger partial charge in [-0.1, -0.05) is 0 Å². The number of carbonyl (C=O) groups is 3. The molecule has 1 rings (SSSR count). The Hall–Kier alpha value is -3.03. The third-order valence-corrected chi connectivity index (χ3v) is 2.39. The molecule has 0 amide bonds. The van der Waals surface area contributed by atoms with Crippen LogP contribution < -0.4 is 0 Å². The van der Waals surface area contributed by atoms with Gasteiger partial charge in [0, 0.05) is 29.8 Å². The van der Waals surface area contributed by atoms with Crippen LogP contribution in [-0.4, -0.2) is 35.9 Å². The highest BCUT2D eigenvalue weighted by atomic mass is 16.6. The summed E-state index contributed by atoms with van der Waals surface area (Å²) in [6.07, 6.45) is 1.74. The molecule has 0 aromatic heterocycles. The molecule has 0 fully saturated rings. The number of hydrogen-bond acceptors (Lipinski definition) is 7. The highest BCUT2D eigenvalue weighted by Gasteiger charge is 2.11. The monoisotopic (exact) mass is 307 g/mol. The Morgan fingerprint density at radius 1 is 1.09 bits per heavy atom. The van der Waals surface area contributed by atoms with Crippen molar-refractivity contribution in [2.24, 2.45) is 0 Å². The Balaban J connectivity index is 2.50. The maximum absolute atomic E-state index is 11.7. The van der Waals surface area contributed by atoms with E-state index in [0.717, 1.165) is 12.2 Å². The van der Waals surface area contributed by atoms with E-state index in [0.29, 0.717) is 0 Å². The number of rotatable bonds is 7. The zero-order valence-electron chi connectivity index (χ0n) is 11.7. The lowest BCUT2D eigenvalue weighted by Crippen LogP contribution is -2.13. The topological polar surface area (TPSA) is 113 Å². The quantitative estimate of drug-likeness (QED) is 0.246. The van der Waals surface area contributed by atoms with Crippen LogP contribution in [0.5, 0.6) is 0 Å². The number of ketones is 1. The van der Waals surface area contributed by atoms with Gasteiger partial charge in [0.15, 0.2) is 12.4 Å². The zero-order valence-corrected chi connectivity index (χ0v) is 11.7. The van der Waals surface area contributed by atoms with Gasteiger partial charge in [-0.25, -0.2) is 9.59 Å². The molecule has 0 saturated heterocycles. The molecule has 22 heavy (non-hydrogen) atoms. The molecule has 1 aromatic rings. The van der Waals surface area contributed by atoms with Gasteiger partial charge in [0.2, 0.25) is 0 Å². The molecule has 0 aliphatic rings. The SMILES string of the molecule is CCOC(=O)C=CC(=O)OCC(=O)c1ccc([N+](=O)[O-])cc1. The van der Waals surface area contributed by atoms with Crippen LogP contribution in [0.15, 0.2) is 36.4 Å². The number of ether oxygens (including phenoxy) is 2. The van der Waals surface area contributed by atoms with Crippen LogP contribution in [0.4, 0.5) is 5.69 Å². The Morgan fingerprint density at radius 2 is 1.64 bits per heavy atom. The maximum Gasteiger partial charge on any atom is 0.331 e. The van der Waals surface area contributed by atoms with Gasteiger partial charge in [0.1, 0.15) is 0 Å². The molecule has 8 nitrogen and oxygen atoms in total. The fourth-order valence-electron chi connectivity index (χ4n) is 1.36. The van der Waals surface area contributed by atoms with Gasteiger partial charge in [0.05, 0.1) is 11.5 Å². The Morgan fingerprint density at radius 3 is 2.14 bits per heavy atom. The predicted octanol–water partition coefficient (Wildman–Crippen LogP) is 1.44. The average Bonchev–Trinajstić information content (AvgIpc) is 2.51. The maximum atomic E-state index is 11.7. The van der Waals surface area contributed by atoms with Crippen molar-refractivity contribution in [3.05, 3.63) is 52.1 Å². The van der Waals surface area contributed by atoms with Gasteiger partial charge in [0.25, 0.3) is 5.69 Å². The summed E-state index contributed by atoms with van der Waals surface area (Å²) in [5, 5.41) is 10.5. The smallest absolute Gasteiger partial charge is 0.331 e. The number of carbonyl (C=O) groups excluding carboxylic acids is 3. The van der Waals surface area contributed by atoms with Crippen molar-refractivity contribution in [1.82, 2.24) is 0 Å². The predicted molar refractivity (Wildman–Crippen MR) is 74.2 cm³/mol. The average molecular weight is 307 g/mol. The van der Waals surface area contributed by atoms with Crippen LogP contribution in [0.25, 0.3) is 0 Å². The number of nitrogens with zero attached hydrogens (tertiary/aromatic N) is 1. The molecule has 116 valence electrons. The van der Waals surface area contributed by atoms with Crippen molar-refractivity contribution in [3.63, 3.8) is 0 Å². The third-order valence-electron chi connectivity index (χ3n) is 2.39. The summed E-state index contributed by atoms with van der Waals surface area (Å²) in [4.78, 5) is 43.8. The van der Waals surface area contributed by atoms with Crippen molar-refractivity contribution in [1.29, 1.82) is 0 Å². The minimum absolute atomic E-state index is 0.147. The molecule has 8 heteroatoms. The second kappa shape index (κ2) is 8.30. The second-order valence-electron chi connectivity index (χ2n) is 3.92. The molecular weight excluding hydrogens is 294 g/mol. The highest BCUT2D eigenvalue weighted by Crippen LogP contribution is 2.12. The second-order valence-corrected chi connectivity index (χ2v) is 3.92. The van der Waals surface area contributed by atoms with E-state index < -0.39 is 29.3 Å². The molecular formula is C14H13NO7. The molecule has 0 saturated carbocycles. The zero-order chi connectivity index (χ0) is 16.5. The van der Waals surface area contributed by atoms with Crippen LogP contribution in [0.2, 0.25) is 0 Å². The molecule has 0 aliphatic heterocycles. The normalized spacial score (nSPS) is 10.2. The van der Waals surface area contributed by atoms with E-state index in [1.165, 1.54) is 24.3 Å². The molecule has 0 atom stereocenters. The summed E-state index contributed by atoms with van der Waals surface area (Å²) in [6, 6.07) is 4.89. The van der Waals surface area contributed by atoms with Gasteiger partial charge in [-0.15, -0.1) is 0 Å². The molecule has 0 unspecified atom stereocenters. The largest absolute Gasteiger partial charge is 0.463 e. The number of nitro groups is 1. The van der Waals surface area contributed by atoms with Crippen molar-refractivity contribution in [2.45, 2.75) is 6.92 Å². The highest BCUT2D eigenvalue weighted by molar-refractivity contribution is 5.99. The van der Waals surface area contributed by atoms with E-state index >= 15 is 0 Å². The summed E-state index contributed by atoms with van der Waals surface area (Å²) in [5.41, 5.74) is 0.0266. The van der Waals surface area contributed by atoms with E-state index in [1.807, 2.05) is 0 Å². The minimum atomic E-state index is -0.872. The summed E-state index contributed by atoms with van der Waals surface area (Å²) < 4.78 is 9.21. The fraction of sp³-hybridized carbons (Fsp3) is 0.214. The number of nitro benzene ring substituents is 1. The van der Waals surface area contributed by atoms with Crippen molar-refractivity contribution in [3.8, 4) is 0 Å². The standard InChI is InChI=1S/C14H13NO7/c1-2-21-13(17)7-8-14(18)22-9-12(16)10-3-5-11(6-4-10)15(19)20/h3-8H,2,9H2,1H3. The lowest BCUT2D eigenvalue weighted by atomic mass is 10.1. The van der Waals surface area contributed by atoms with E-state index in [4.69, 9.17) is 0 Å². The summed E-state index contributed by atoms with van der Waals surface area (Å²) in [5.74, 6) is -2.09. The van der Waals surface area contributed by atoms with E-state index in [-0.39, 0.29) is 17.9 Å². The lowest BCUT2D eigenvalue weighted by molar-refractivity contribution is -0.384. The van der Waals surface area contributed by atoms with Crippen molar-refractivity contribution in [2.75, 3.05) is 13.2 Å². The third kappa shape index (κ3) is 5.53. The Kier molecular flexibility index (Phi) is 6.42. The molecule has 1 aromatic carbocycles. The summed E-state index contributed by atoms with van der Waals surface area (Å²) >= 11 is 0. The Bertz CT molecular complexity index is 604. The van der Waals surface area contributed by atoms with Gasteiger partial charge >= 0.3 is 11.9 Å². The van der Waals surface area contributed by atoms with Gasteiger partial charge < -0.3 is 9.47 Å². The molecule has 0 aliphatic carbocycles. The molecule has 0 N–H and O–H groups in total. The number of non-ortho nitro benzene ring substituents is 1. The van der Waals surface area contributed by atoms with Crippen molar-refractivity contribution < 1.29 is 28.8 Å². The van der Waals surface area contributed by atoms with Crippen LogP contribution in [0.1, 0.15) is 17.3 Å². The van der Waals surface area contributed by atoms with Gasteiger partial charge in [-0.05, 0) is 19.1 Å². The van der Waals surface area contributed by atoms with E-state index in [1.54, 1.807) is 6.92 Å². The first-order chi connectivity index (χ1) is 10.4. The molecule has 0 heterocycles. The Labute approximate surface area is 125 Å². The van der Waals surface area contributed by atoms with Crippen LogP contribution >= 0.6 is 0 Å². The van der Waals surface area contributed by atoms with E-state index in [2.05, 4.69) is 9.47 Å². The minimum Gasteiger partial charge on any atom is -0.463 e. The number of benzene rings is 1. The van der Waals surface area contributed by atoms with Crippen LogP contribution in [-0.2, 0) is 19.1 Å². The number of hydrogen-bond donors (Lipinski definition) is 0. The van der Waals surface area contributed by atoms with Crippen LogP contribution in [0.3, 0.4) is 0 Å². The number of Topliss-reactive ketones (excluding diaryl/α,β-unsaturated/α-hetero) is 1. The first-order valence-corrected chi connectivity index (χ1v) is 6.23. The first kappa shape index (κ1) is 17.0. The lowest BCUT2D eigenvalue weighted by Gasteiger charge is -2.01. The first-order valence-electron chi connectivity index (χ1n) is 6.23. The molecule has 0 spiro atoms. The summed E-state index contributed by atoms with van der Waals surface area (Å²) in [6.45, 7) is 1.26. The van der Waals surface area contributed by atoms with Gasteiger partial charge in [-0.2, -0.15) is 0 Å². The van der Waals surface area contributed by atoms with E-state index in [9.17, 15) is 24.5 Å². The molecule has 0 radical (unpaired) electrons. The van der Waals surface area contributed by atoms with Crippen molar-refractivity contribution >= 4 is 23.4 Å². The molecule has 0 bridgehead atoms. The van der Waals surface area contributed by atoms with Gasteiger partial charge in [-0.3, -0.25) is 14.9 Å². The fourth-order valence-corrected chi connectivity index (χ4v) is 1.36. The summed E-state index contributed by atoms with van der Waals surface area (Å²) in [7, 11) is 0. The number of esters is 2.